The predicted octanol–water partition coefficient (Wildman–Crippen LogP) is 1.86. The van der Waals surface area contributed by atoms with Crippen molar-refractivity contribution in [2.24, 2.45) is 10.9 Å². The fraction of sp³-hybridized carbons (Fsp3) is 0.455. The Labute approximate surface area is 178 Å². The average Bonchev–Trinajstić information content (AvgIpc) is 3.55. The van der Waals surface area contributed by atoms with Crippen LogP contribution in [0.3, 0.4) is 0 Å². The lowest BCUT2D eigenvalue weighted by molar-refractivity contribution is -0.133. The third-order valence-corrected chi connectivity index (χ3v) is 5.77. The van der Waals surface area contributed by atoms with Gasteiger partial charge in [0, 0.05) is 62.7 Å². The molecule has 3 heterocycles. The van der Waals surface area contributed by atoms with E-state index >= 15 is 0 Å². The first-order valence-electron chi connectivity index (χ1n) is 10.5. The Bertz CT molecular complexity index is 998. The van der Waals surface area contributed by atoms with Gasteiger partial charge in [-0.3, -0.25) is 9.79 Å². The van der Waals surface area contributed by atoms with Gasteiger partial charge in [-0.15, -0.1) is 0 Å². The molecule has 2 aromatic rings. The summed E-state index contributed by atoms with van der Waals surface area (Å²) in [6, 6.07) is 2.05. The molecule has 0 atom stereocenters. The lowest BCUT2D eigenvalue weighted by atomic mass is 9.92. The molecule has 8 heteroatoms. The third kappa shape index (κ3) is 4.32. The normalized spacial score (nSPS) is 18.3. The number of aliphatic imine (C=N–C) groups is 1. The molecule has 1 aliphatic heterocycles. The Hall–Kier alpha value is -2.90. The van der Waals surface area contributed by atoms with Gasteiger partial charge in [-0.25, -0.2) is 4.98 Å². The number of piperidine rings is 1. The Kier molecular flexibility index (Phi) is 6.02. The lowest BCUT2D eigenvalue weighted by Gasteiger charge is -2.32. The number of rotatable bonds is 7. The summed E-state index contributed by atoms with van der Waals surface area (Å²) in [6.45, 7) is 5.93. The van der Waals surface area contributed by atoms with E-state index in [9.17, 15) is 4.79 Å². The number of nitrogens with one attached hydrogen (secondary N) is 1. The van der Waals surface area contributed by atoms with E-state index in [0.29, 0.717) is 29.5 Å². The highest BCUT2D eigenvalue weighted by atomic mass is 16.2. The summed E-state index contributed by atoms with van der Waals surface area (Å²) in [5, 5.41) is 7.81. The van der Waals surface area contributed by atoms with Crippen LogP contribution in [0.2, 0.25) is 0 Å². The van der Waals surface area contributed by atoms with Crippen LogP contribution in [0.5, 0.6) is 0 Å². The Morgan fingerprint density at radius 2 is 2.13 bits per heavy atom. The minimum absolute atomic E-state index is 0.280. The van der Waals surface area contributed by atoms with E-state index in [0.717, 1.165) is 55.9 Å². The quantitative estimate of drug-likeness (QED) is 0.436. The number of hydrogen-bond donors (Lipinski definition) is 1. The Morgan fingerprint density at radius 1 is 1.37 bits per heavy atom. The molecule has 2 aromatic heterocycles. The largest absolute Gasteiger partial charge is 0.366 e. The van der Waals surface area contributed by atoms with Crippen LogP contribution in [0, 0.1) is 5.92 Å². The van der Waals surface area contributed by atoms with Crippen molar-refractivity contribution in [3.05, 3.63) is 42.3 Å². The Morgan fingerprint density at radius 3 is 2.80 bits per heavy atom. The molecular formula is C22H27BN6O. The molecule has 1 amide bonds. The summed E-state index contributed by atoms with van der Waals surface area (Å²) >= 11 is 0. The molecule has 30 heavy (non-hydrogen) atoms. The summed E-state index contributed by atoms with van der Waals surface area (Å²) in [6.07, 6.45) is 11.0. The maximum absolute atomic E-state index is 12.3. The van der Waals surface area contributed by atoms with Crippen LogP contribution in [0.4, 0.5) is 5.82 Å². The number of allylic oxidation sites excluding steroid dienone is 2. The highest BCUT2D eigenvalue weighted by Gasteiger charge is 2.35. The second-order valence-electron chi connectivity index (χ2n) is 7.99. The minimum atomic E-state index is 0.280. The van der Waals surface area contributed by atoms with Crippen molar-refractivity contribution in [2.45, 2.75) is 31.6 Å². The van der Waals surface area contributed by atoms with Crippen molar-refractivity contribution in [3.8, 4) is 0 Å². The summed E-state index contributed by atoms with van der Waals surface area (Å²) in [7, 11) is 7.87. The van der Waals surface area contributed by atoms with Crippen molar-refractivity contribution in [1.82, 2.24) is 19.5 Å². The van der Waals surface area contributed by atoms with Crippen LogP contribution in [0.25, 0.3) is 5.65 Å². The lowest BCUT2D eigenvalue weighted by Crippen LogP contribution is -2.39. The first-order valence-corrected chi connectivity index (χ1v) is 10.5. The summed E-state index contributed by atoms with van der Waals surface area (Å²) in [5.41, 5.74) is 3.21. The molecule has 0 spiro atoms. The summed E-state index contributed by atoms with van der Waals surface area (Å²) in [4.78, 5) is 23.3. The standard InChI is InChI=1S/C22H27BN6O/c1-3-4-15(12-24-2)13-25-20-11-19(27-21-18(23)14-26-29(20)21)16-7-9-28(10-8-16)22(30)17-5-6-17/h3-4,11-12,14,16-17,25H,1,5-10,13H2,2H3/b15-4+,24-12?. The van der Waals surface area contributed by atoms with Gasteiger partial charge in [0.1, 0.15) is 19.3 Å². The van der Waals surface area contributed by atoms with E-state index in [1.807, 2.05) is 11.0 Å². The number of likely N-dealkylation sites (tertiary alicyclic amines) is 1. The molecule has 4 rings (SSSR count). The zero-order valence-electron chi connectivity index (χ0n) is 17.4. The number of fused-ring (bicyclic) bond motifs is 1. The van der Waals surface area contributed by atoms with Gasteiger partial charge in [-0.1, -0.05) is 18.7 Å². The van der Waals surface area contributed by atoms with Crippen molar-refractivity contribution >= 4 is 36.9 Å². The SMILES string of the molecule is [B]c1cnn2c(NC/C(C=NC)=C/C=C)cc(C3CCN(C(=O)C4CC4)CC3)nc12. The zero-order valence-corrected chi connectivity index (χ0v) is 17.4. The number of hydrogen-bond acceptors (Lipinski definition) is 5. The second kappa shape index (κ2) is 8.85. The van der Waals surface area contributed by atoms with Crippen LogP contribution in [-0.2, 0) is 4.79 Å². The van der Waals surface area contributed by atoms with Crippen molar-refractivity contribution in [3.63, 3.8) is 0 Å². The molecule has 1 saturated carbocycles. The van der Waals surface area contributed by atoms with Gasteiger partial charge < -0.3 is 10.2 Å². The molecule has 2 aliphatic rings. The molecule has 1 N–H and O–H groups in total. The van der Waals surface area contributed by atoms with E-state index in [1.165, 1.54) is 0 Å². The van der Waals surface area contributed by atoms with E-state index in [4.69, 9.17) is 12.8 Å². The number of carbonyl (C=O) groups excluding carboxylic acids is 1. The van der Waals surface area contributed by atoms with Gasteiger partial charge >= 0.3 is 0 Å². The molecule has 1 aliphatic carbocycles. The summed E-state index contributed by atoms with van der Waals surface area (Å²) in [5.74, 6) is 1.75. The molecule has 0 aromatic carbocycles. The fourth-order valence-electron chi connectivity index (χ4n) is 3.98. The van der Waals surface area contributed by atoms with Gasteiger partial charge in [0.25, 0.3) is 0 Å². The first-order chi connectivity index (χ1) is 14.6. The van der Waals surface area contributed by atoms with Crippen LogP contribution in [0.15, 0.2) is 41.6 Å². The number of amides is 1. The third-order valence-electron chi connectivity index (χ3n) is 5.77. The molecule has 2 fully saturated rings. The monoisotopic (exact) mass is 402 g/mol. The van der Waals surface area contributed by atoms with Crippen molar-refractivity contribution in [2.75, 3.05) is 32.0 Å². The molecule has 7 nitrogen and oxygen atoms in total. The van der Waals surface area contributed by atoms with Crippen LogP contribution >= 0.6 is 0 Å². The maximum Gasteiger partial charge on any atom is 0.225 e. The van der Waals surface area contributed by atoms with E-state index in [1.54, 1.807) is 30.1 Å². The minimum Gasteiger partial charge on any atom is -0.366 e. The van der Waals surface area contributed by atoms with Crippen LogP contribution in [-0.4, -0.2) is 66.1 Å². The van der Waals surface area contributed by atoms with Gasteiger partial charge in [-0.05, 0) is 36.7 Å². The van der Waals surface area contributed by atoms with Gasteiger partial charge in [0.2, 0.25) is 5.91 Å². The molecule has 0 unspecified atom stereocenters. The van der Waals surface area contributed by atoms with Crippen LogP contribution < -0.4 is 10.8 Å². The maximum atomic E-state index is 12.3. The van der Waals surface area contributed by atoms with Gasteiger partial charge in [-0.2, -0.15) is 9.61 Å². The van der Waals surface area contributed by atoms with Gasteiger partial charge in [0.05, 0.1) is 0 Å². The van der Waals surface area contributed by atoms with Gasteiger partial charge in [0.15, 0.2) is 0 Å². The average molecular weight is 402 g/mol. The molecule has 2 radical (unpaired) electrons. The highest BCUT2D eigenvalue weighted by molar-refractivity contribution is 6.36. The van der Waals surface area contributed by atoms with Crippen molar-refractivity contribution < 1.29 is 4.79 Å². The number of anilines is 1. The van der Waals surface area contributed by atoms with Crippen LogP contribution in [0.1, 0.15) is 37.3 Å². The molecule has 154 valence electrons. The summed E-state index contributed by atoms with van der Waals surface area (Å²) < 4.78 is 1.74. The number of carbonyl (C=O) groups is 1. The van der Waals surface area contributed by atoms with E-state index in [-0.39, 0.29) is 5.92 Å². The second-order valence-corrected chi connectivity index (χ2v) is 7.99. The molecule has 1 saturated heterocycles. The van der Waals surface area contributed by atoms with E-state index < -0.39 is 0 Å². The predicted molar refractivity (Wildman–Crippen MR) is 121 cm³/mol. The smallest absolute Gasteiger partial charge is 0.225 e. The van der Waals surface area contributed by atoms with E-state index in [2.05, 4.69) is 28.1 Å². The fourth-order valence-corrected chi connectivity index (χ4v) is 3.98. The topological polar surface area (TPSA) is 74.9 Å². The first kappa shape index (κ1) is 20.4. The highest BCUT2D eigenvalue weighted by Crippen LogP contribution is 2.34. The number of aromatic nitrogens is 3. The Balaban J connectivity index is 1.54. The molecule has 0 bridgehead atoms. The molecular weight excluding hydrogens is 375 g/mol. The zero-order chi connectivity index (χ0) is 21.1. The van der Waals surface area contributed by atoms with Crippen molar-refractivity contribution in [1.29, 1.82) is 0 Å². The number of nitrogens with zero attached hydrogens (tertiary/aromatic N) is 5.